The summed E-state index contributed by atoms with van der Waals surface area (Å²) in [4.78, 5) is 16.5. The number of nitrogens with one attached hydrogen (secondary N) is 1. The SMILES string of the molecule is Cc1c(Nc2c(Cl)ccc(F)c2F)ccc2ncn(C)c(=O)c12. The molecule has 7 heteroatoms. The number of hydrogen-bond donors (Lipinski definition) is 1. The number of hydrogen-bond acceptors (Lipinski definition) is 3. The minimum Gasteiger partial charge on any atom is -0.352 e. The highest BCUT2D eigenvalue weighted by molar-refractivity contribution is 6.33. The van der Waals surface area contributed by atoms with Gasteiger partial charge in [0.1, 0.15) is 0 Å². The molecule has 1 aromatic heterocycles. The number of rotatable bonds is 2. The molecule has 0 spiro atoms. The number of anilines is 2. The Kier molecular flexibility index (Phi) is 3.77. The third kappa shape index (κ3) is 2.55. The van der Waals surface area contributed by atoms with Crippen molar-refractivity contribution in [2.24, 2.45) is 7.05 Å². The maximum atomic E-state index is 13.9. The summed E-state index contributed by atoms with van der Waals surface area (Å²) in [6.07, 6.45) is 1.43. The van der Waals surface area contributed by atoms with Crippen LogP contribution in [-0.4, -0.2) is 9.55 Å². The Morgan fingerprint density at radius 2 is 1.96 bits per heavy atom. The van der Waals surface area contributed by atoms with E-state index in [2.05, 4.69) is 10.3 Å². The zero-order valence-electron chi connectivity index (χ0n) is 12.3. The number of benzene rings is 2. The van der Waals surface area contributed by atoms with Crippen molar-refractivity contribution in [1.82, 2.24) is 9.55 Å². The Morgan fingerprint density at radius 3 is 2.70 bits per heavy atom. The van der Waals surface area contributed by atoms with Gasteiger partial charge in [0.15, 0.2) is 11.6 Å². The lowest BCUT2D eigenvalue weighted by molar-refractivity contribution is 0.512. The van der Waals surface area contributed by atoms with Gasteiger partial charge in [-0.25, -0.2) is 13.8 Å². The Hall–Kier alpha value is -2.47. The maximum absolute atomic E-state index is 13.9. The minimum atomic E-state index is -1.07. The topological polar surface area (TPSA) is 46.9 Å². The first kappa shape index (κ1) is 15.4. The van der Waals surface area contributed by atoms with Gasteiger partial charge in [-0.15, -0.1) is 0 Å². The zero-order chi connectivity index (χ0) is 16.7. The molecule has 0 aliphatic carbocycles. The molecule has 0 aliphatic rings. The van der Waals surface area contributed by atoms with Crippen LogP contribution in [0.1, 0.15) is 5.56 Å². The van der Waals surface area contributed by atoms with Crippen molar-refractivity contribution in [1.29, 1.82) is 0 Å². The average Bonchev–Trinajstić information content (AvgIpc) is 2.53. The summed E-state index contributed by atoms with van der Waals surface area (Å²) in [5, 5.41) is 3.22. The van der Waals surface area contributed by atoms with Crippen molar-refractivity contribution >= 4 is 33.9 Å². The normalized spacial score (nSPS) is 11.0. The van der Waals surface area contributed by atoms with Crippen LogP contribution in [-0.2, 0) is 7.05 Å². The van der Waals surface area contributed by atoms with Crippen molar-refractivity contribution in [3.8, 4) is 0 Å². The summed E-state index contributed by atoms with van der Waals surface area (Å²) in [6.45, 7) is 1.71. The highest BCUT2D eigenvalue weighted by Crippen LogP contribution is 2.32. The number of fused-ring (bicyclic) bond motifs is 1. The first-order chi connectivity index (χ1) is 10.9. The van der Waals surface area contributed by atoms with Crippen LogP contribution in [0.25, 0.3) is 10.9 Å². The second-order valence-electron chi connectivity index (χ2n) is 5.14. The van der Waals surface area contributed by atoms with Crippen molar-refractivity contribution in [3.05, 3.63) is 63.2 Å². The summed E-state index contributed by atoms with van der Waals surface area (Å²) >= 11 is 5.93. The Balaban J connectivity index is 2.19. The van der Waals surface area contributed by atoms with E-state index < -0.39 is 11.6 Å². The van der Waals surface area contributed by atoms with Gasteiger partial charge >= 0.3 is 0 Å². The number of aryl methyl sites for hydroxylation is 2. The summed E-state index contributed by atoms with van der Waals surface area (Å²) in [7, 11) is 1.59. The molecule has 0 radical (unpaired) electrons. The van der Waals surface area contributed by atoms with E-state index in [1.807, 2.05) is 0 Å². The van der Waals surface area contributed by atoms with Crippen LogP contribution in [0, 0.1) is 18.6 Å². The van der Waals surface area contributed by atoms with Gasteiger partial charge in [0.25, 0.3) is 5.56 Å². The molecule has 0 aliphatic heterocycles. The fourth-order valence-electron chi connectivity index (χ4n) is 2.36. The first-order valence-electron chi connectivity index (χ1n) is 6.75. The standard InChI is InChI=1S/C16H12ClF2N3O/c1-8-11(21-15-9(17)3-4-10(18)14(15)19)5-6-12-13(8)16(23)22(2)7-20-12/h3-7,21H,1-2H3. The molecular formula is C16H12ClF2N3O. The number of aromatic nitrogens is 2. The van der Waals surface area contributed by atoms with E-state index in [0.717, 1.165) is 6.07 Å². The quantitative estimate of drug-likeness (QED) is 0.722. The van der Waals surface area contributed by atoms with Crippen molar-refractivity contribution < 1.29 is 8.78 Å². The predicted molar refractivity (Wildman–Crippen MR) is 86.4 cm³/mol. The Morgan fingerprint density at radius 1 is 1.22 bits per heavy atom. The predicted octanol–water partition coefficient (Wildman–Crippen LogP) is 3.92. The highest BCUT2D eigenvalue weighted by Gasteiger charge is 2.15. The van der Waals surface area contributed by atoms with E-state index >= 15 is 0 Å². The Bertz CT molecular complexity index is 985. The number of halogens is 3. The largest absolute Gasteiger partial charge is 0.352 e. The van der Waals surface area contributed by atoms with Gasteiger partial charge in [0.05, 0.1) is 27.9 Å². The van der Waals surface area contributed by atoms with Gasteiger partial charge in [0, 0.05) is 12.7 Å². The van der Waals surface area contributed by atoms with Gasteiger partial charge in [-0.3, -0.25) is 4.79 Å². The smallest absolute Gasteiger partial charge is 0.261 e. The molecule has 1 N–H and O–H groups in total. The van der Waals surface area contributed by atoms with Crippen molar-refractivity contribution in [2.45, 2.75) is 6.92 Å². The van der Waals surface area contributed by atoms with Gasteiger partial charge in [0.2, 0.25) is 0 Å². The molecule has 0 fully saturated rings. The van der Waals surface area contributed by atoms with E-state index in [1.165, 1.54) is 17.0 Å². The summed E-state index contributed by atoms with van der Waals surface area (Å²) in [5.74, 6) is -2.08. The molecule has 3 aromatic rings. The van der Waals surface area contributed by atoms with E-state index in [4.69, 9.17) is 11.6 Å². The fourth-order valence-corrected chi connectivity index (χ4v) is 2.56. The highest BCUT2D eigenvalue weighted by atomic mass is 35.5. The molecule has 0 amide bonds. The van der Waals surface area contributed by atoms with Gasteiger partial charge in [-0.1, -0.05) is 11.6 Å². The van der Waals surface area contributed by atoms with Crippen LogP contribution in [0.4, 0.5) is 20.2 Å². The maximum Gasteiger partial charge on any atom is 0.261 e. The minimum absolute atomic E-state index is 0.0440. The molecule has 0 atom stereocenters. The molecule has 1 heterocycles. The van der Waals surface area contributed by atoms with Crippen LogP contribution in [0.3, 0.4) is 0 Å². The Labute approximate surface area is 135 Å². The molecule has 23 heavy (non-hydrogen) atoms. The van der Waals surface area contributed by atoms with Gasteiger partial charge < -0.3 is 9.88 Å². The fraction of sp³-hybridized carbons (Fsp3) is 0.125. The van der Waals surface area contributed by atoms with E-state index in [0.29, 0.717) is 22.2 Å². The molecule has 0 saturated heterocycles. The van der Waals surface area contributed by atoms with E-state index in [1.54, 1.807) is 26.1 Å². The molecule has 118 valence electrons. The molecule has 4 nitrogen and oxygen atoms in total. The van der Waals surface area contributed by atoms with E-state index in [9.17, 15) is 13.6 Å². The summed E-state index contributed by atoms with van der Waals surface area (Å²) in [5.41, 5.74) is 1.17. The molecule has 2 aromatic carbocycles. The monoisotopic (exact) mass is 335 g/mol. The average molecular weight is 336 g/mol. The van der Waals surface area contributed by atoms with Gasteiger partial charge in [-0.05, 0) is 36.8 Å². The van der Waals surface area contributed by atoms with Crippen molar-refractivity contribution in [2.75, 3.05) is 5.32 Å². The molecular weight excluding hydrogens is 324 g/mol. The van der Waals surface area contributed by atoms with Gasteiger partial charge in [-0.2, -0.15) is 0 Å². The number of nitrogens with zero attached hydrogens (tertiary/aromatic N) is 2. The third-order valence-electron chi connectivity index (χ3n) is 3.65. The third-order valence-corrected chi connectivity index (χ3v) is 3.97. The molecule has 3 rings (SSSR count). The summed E-state index contributed by atoms with van der Waals surface area (Å²) < 4.78 is 28.7. The second-order valence-corrected chi connectivity index (χ2v) is 5.54. The summed E-state index contributed by atoms with van der Waals surface area (Å²) in [6, 6.07) is 5.50. The van der Waals surface area contributed by atoms with Crippen LogP contribution in [0.5, 0.6) is 0 Å². The van der Waals surface area contributed by atoms with Crippen LogP contribution >= 0.6 is 11.6 Å². The zero-order valence-corrected chi connectivity index (χ0v) is 13.1. The lowest BCUT2D eigenvalue weighted by atomic mass is 10.1. The molecule has 0 unspecified atom stereocenters. The molecule has 0 bridgehead atoms. The first-order valence-corrected chi connectivity index (χ1v) is 7.13. The second kappa shape index (κ2) is 5.62. The van der Waals surface area contributed by atoms with Crippen molar-refractivity contribution in [3.63, 3.8) is 0 Å². The van der Waals surface area contributed by atoms with Crippen LogP contribution < -0.4 is 10.9 Å². The van der Waals surface area contributed by atoms with Crippen LogP contribution in [0.15, 0.2) is 35.4 Å². The lowest BCUT2D eigenvalue weighted by Gasteiger charge is -2.14. The van der Waals surface area contributed by atoms with E-state index in [-0.39, 0.29) is 16.3 Å². The molecule has 0 saturated carbocycles. The van der Waals surface area contributed by atoms with Crippen LogP contribution in [0.2, 0.25) is 5.02 Å². The lowest BCUT2D eigenvalue weighted by Crippen LogP contribution is -2.18.